The van der Waals surface area contributed by atoms with E-state index in [1.165, 1.54) is 11.3 Å². The molecule has 0 unspecified atom stereocenters. The second-order valence-corrected chi connectivity index (χ2v) is 8.19. The molecular formula is C25H15NO5S. The average molecular weight is 441 g/mol. The van der Waals surface area contributed by atoms with Gasteiger partial charge in [-0.3, -0.25) is 4.79 Å². The van der Waals surface area contributed by atoms with E-state index >= 15 is 0 Å². The van der Waals surface area contributed by atoms with Crippen molar-refractivity contribution in [2.75, 3.05) is 0 Å². The van der Waals surface area contributed by atoms with Crippen LogP contribution in [0.25, 0.3) is 32.5 Å². The molecule has 0 fully saturated rings. The number of phenolic OH excluding ortho intramolecular Hbond substituents is 1. The molecule has 6 nitrogen and oxygen atoms in total. The molecule has 2 N–H and O–H groups in total. The molecule has 32 heavy (non-hydrogen) atoms. The van der Waals surface area contributed by atoms with E-state index < -0.39 is 5.97 Å². The first kappa shape index (κ1) is 19.7. The van der Waals surface area contributed by atoms with Gasteiger partial charge in [0.2, 0.25) is 5.78 Å². The van der Waals surface area contributed by atoms with Gasteiger partial charge in [-0.2, -0.15) is 0 Å². The summed E-state index contributed by atoms with van der Waals surface area (Å²) in [6.45, 7) is 0. The molecule has 0 radical (unpaired) electrons. The highest BCUT2D eigenvalue weighted by Gasteiger charge is 2.22. The molecule has 0 bridgehead atoms. The van der Waals surface area contributed by atoms with Crippen LogP contribution < -0.4 is 0 Å². The molecular weight excluding hydrogens is 426 g/mol. The van der Waals surface area contributed by atoms with Gasteiger partial charge >= 0.3 is 5.97 Å². The van der Waals surface area contributed by atoms with Gasteiger partial charge in [-0.25, -0.2) is 4.79 Å². The second-order valence-electron chi connectivity index (χ2n) is 7.14. The normalized spacial score (nSPS) is 11.0. The zero-order chi connectivity index (χ0) is 22.2. The first-order valence-corrected chi connectivity index (χ1v) is 10.5. The number of carbonyl (C=O) groups is 2. The third-order valence-corrected chi connectivity index (χ3v) is 6.31. The van der Waals surface area contributed by atoms with Crippen molar-refractivity contribution in [3.8, 4) is 28.1 Å². The van der Waals surface area contributed by atoms with Crippen LogP contribution in [-0.2, 0) is 0 Å². The average Bonchev–Trinajstić information content (AvgIpc) is 3.44. The molecule has 0 atom stereocenters. The number of aromatic hydroxyl groups is 1. The van der Waals surface area contributed by atoms with E-state index in [1.54, 1.807) is 42.5 Å². The van der Waals surface area contributed by atoms with E-state index in [-0.39, 0.29) is 22.8 Å². The highest BCUT2D eigenvalue weighted by molar-refractivity contribution is 7.21. The fourth-order valence-electron chi connectivity index (χ4n) is 3.64. The van der Waals surface area contributed by atoms with Crippen LogP contribution in [0.15, 0.2) is 83.6 Å². The van der Waals surface area contributed by atoms with E-state index in [4.69, 9.17) is 4.52 Å². The van der Waals surface area contributed by atoms with Gasteiger partial charge in [-0.05, 0) is 23.8 Å². The number of carbonyl (C=O) groups excluding carboxylic acids is 1. The van der Waals surface area contributed by atoms with Crippen molar-refractivity contribution >= 4 is 33.2 Å². The Morgan fingerprint density at radius 2 is 1.62 bits per heavy atom. The van der Waals surface area contributed by atoms with Crippen LogP contribution in [0.5, 0.6) is 5.75 Å². The number of nitrogens with zero attached hydrogens (tertiary/aromatic N) is 1. The van der Waals surface area contributed by atoms with Crippen LogP contribution in [0.3, 0.4) is 0 Å². The SMILES string of the molecule is O=C(O)c1conc1-c1ccc(-c2c(C(=O)c3ccccc3)sc3cc(O)ccc23)cc1. The van der Waals surface area contributed by atoms with E-state index in [0.29, 0.717) is 16.0 Å². The maximum absolute atomic E-state index is 13.3. The van der Waals surface area contributed by atoms with Crippen LogP contribution in [0.2, 0.25) is 0 Å². The largest absolute Gasteiger partial charge is 0.508 e. The molecule has 0 aliphatic heterocycles. The Morgan fingerprint density at radius 1 is 0.906 bits per heavy atom. The molecule has 156 valence electrons. The molecule has 0 amide bonds. The zero-order valence-electron chi connectivity index (χ0n) is 16.5. The van der Waals surface area contributed by atoms with Gasteiger partial charge in [-0.1, -0.05) is 59.8 Å². The first-order chi connectivity index (χ1) is 15.5. The molecule has 2 heterocycles. The smallest absolute Gasteiger partial charge is 0.341 e. The topological polar surface area (TPSA) is 101 Å². The summed E-state index contributed by atoms with van der Waals surface area (Å²) in [5.74, 6) is -1.09. The zero-order valence-corrected chi connectivity index (χ0v) is 17.3. The van der Waals surface area contributed by atoms with Crippen LogP contribution in [0, 0.1) is 0 Å². The summed E-state index contributed by atoms with van der Waals surface area (Å²) in [6.07, 6.45) is 1.10. The highest BCUT2D eigenvalue weighted by Crippen LogP contribution is 2.41. The van der Waals surface area contributed by atoms with Crippen LogP contribution in [0.1, 0.15) is 25.6 Å². The molecule has 0 spiro atoms. The minimum absolute atomic E-state index is 0.0193. The summed E-state index contributed by atoms with van der Waals surface area (Å²) >= 11 is 1.33. The van der Waals surface area contributed by atoms with Crippen molar-refractivity contribution in [2.24, 2.45) is 0 Å². The van der Waals surface area contributed by atoms with Crippen LogP contribution >= 0.6 is 11.3 Å². The summed E-state index contributed by atoms with van der Waals surface area (Å²) in [4.78, 5) is 25.3. The quantitative estimate of drug-likeness (QED) is 0.331. The number of aromatic carboxylic acids is 1. The summed E-state index contributed by atoms with van der Waals surface area (Å²) < 4.78 is 5.63. The molecule has 5 aromatic rings. The van der Waals surface area contributed by atoms with Gasteiger partial charge in [0.05, 0.1) is 4.88 Å². The maximum Gasteiger partial charge on any atom is 0.341 e. The Labute approximate surface area is 186 Å². The number of carboxylic acid groups (broad SMARTS) is 1. The van der Waals surface area contributed by atoms with Crippen molar-refractivity contribution in [3.05, 3.63) is 95.1 Å². The number of fused-ring (bicyclic) bond motifs is 1. The predicted octanol–water partition coefficient (Wildman–Crippen LogP) is 5.86. The number of hydrogen-bond donors (Lipinski definition) is 2. The molecule has 0 aliphatic rings. The summed E-state index contributed by atoms with van der Waals surface area (Å²) in [7, 11) is 0. The number of rotatable bonds is 5. The predicted molar refractivity (Wildman–Crippen MR) is 121 cm³/mol. The summed E-state index contributed by atoms with van der Waals surface area (Å²) in [5, 5.41) is 23.9. The lowest BCUT2D eigenvalue weighted by Crippen LogP contribution is -2.00. The van der Waals surface area contributed by atoms with E-state index in [1.807, 2.05) is 30.3 Å². The molecule has 5 rings (SSSR count). The number of carboxylic acids is 1. The monoisotopic (exact) mass is 441 g/mol. The number of phenols is 1. The van der Waals surface area contributed by atoms with Gasteiger partial charge < -0.3 is 14.7 Å². The number of aromatic nitrogens is 1. The van der Waals surface area contributed by atoms with Crippen molar-refractivity contribution in [3.63, 3.8) is 0 Å². The molecule has 0 saturated heterocycles. The van der Waals surface area contributed by atoms with Gasteiger partial charge in [0, 0.05) is 26.8 Å². The van der Waals surface area contributed by atoms with Crippen molar-refractivity contribution in [1.82, 2.24) is 5.16 Å². The number of thiophene rings is 1. The van der Waals surface area contributed by atoms with Crippen molar-refractivity contribution in [1.29, 1.82) is 0 Å². The Hall–Kier alpha value is -4.23. The van der Waals surface area contributed by atoms with E-state index in [9.17, 15) is 19.8 Å². The number of benzene rings is 3. The van der Waals surface area contributed by atoms with Crippen LogP contribution in [0.4, 0.5) is 0 Å². The molecule has 7 heteroatoms. The third kappa shape index (κ3) is 3.34. The standard InChI is InChI=1S/C25H15NO5S/c27-17-10-11-18-20(12-17)32-24(23(28)16-4-2-1-3-5-16)21(18)14-6-8-15(9-7-14)22-19(25(29)30)13-31-26-22/h1-13,27H,(H,29,30). The molecule has 2 aromatic heterocycles. The maximum atomic E-state index is 13.3. The van der Waals surface area contributed by atoms with Crippen molar-refractivity contribution in [2.45, 2.75) is 0 Å². The Kier molecular flexibility index (Phi) is 4.80. The Bertz CT molecular complexity index is 1470. The first-order valence-electron chi connectivity index (χ1n) is 9.66. The minimum Gasteiger partial charge on any atom is -0.508 e. The number of hydrogen-bond acceptors (Lipinski definition) is 6. The van der Waals surface area contributed by atoms with Gasteiger partial charge in [0.1, 0.15) is 23.3 Å². The summed E-state index contributed by atoms with van der Waals surface area (Å²) in [5.41, 5.74) is 2.95. The minimum atomic E-state index is -1.12. The molecule has 3 aromatic carbocycles. The third-order valence-electron chi connectivity index (χ3n) is 5.16. The Balaban J connectivity index is 1.65. The fraction of sp³-hybridized carbons (Fsp3) is 0. The van der Waals surface area contributed by atoms with Gasteiger partial charge in [0.15, 0.2) is 0 Å². The lowest BCUT2D eigenvalue weighted by atomic mass is 9.96. The Morgan fingerprint density at radius 3 is 2.34 bits per heavy atom. The lowest BCUT2D eigenvalue weighted by molar-refractivity contribution is 0.0696. The van der Waals surface area contributed by atoms with Gasteiger partial charge in [0.25, 0.3) is 0 Å². The second kappa shape index (κ2) is 7.79. The van der Waals surface area contributed by atoms with Crippen molar-refractivity contribution < 1.29 is 24.3 Å². The molecule has 0 saturated carbocycles. The van der Waals surface area contributed by atoms with Crippen LogP contribution in [-0.4, -0.2) is 27.1 Å². The summed E-state index contributed by atoms with van der Waals surface area (Å²) in [6, 6.07) is 21.2. The molecule has 0 aliphatic carbocycles. The fourth-order valence-corrected chi connectivity index (χ4v) is 4.86. The van der Waals surface area contributed by atoms with E-state index in [0.717, 1.165) is 27.5 Å². The number of ketones is 1. The lowest BCUT2D eigenvalue weighted by Gasteiger charge is -2.07. The highest BCUT2D eigenvalue weighted by atomic mass is 32.1. The van der Waals surface area contributed by atoms with Gasteiger partial charge in [-0.15, -0.1) is 11.3 Å². The van der Waals surface area contributed by atoms with E-state index in [2.05, 4.69) is 5.16 Å².